The van der Waals surface area contributed by atoms with Crippen LogP contribution in [0.2, 0.25) is 0 Å². The third-order valence-electron chi connectivity index (χ3n) is 3.65. The maximum Gasteiger partial charge on any atom is 0.350 e. The van der Waals surface area contributed by atoms with Crippen LogP contribution in [0.15, 0.2) is 11.4 Å². The van der Waals surface area contributed by atoms with Crippen molar-refractivity contribution in [2.24, 2.45) is 11.7 Å². The highest BCUT2D eigenvalue weighted by atomic mass is 32.1. The Labute approximate surface area is 138 Å². The number of urea groups is 2. The highest BCUT2D eigenvalue weighted by Crippen LogP contribution is 2.24. The van der Waals surface area contributed by atoms with Crippen molar-refractivity contribution in [1.29, 1.82) is 0 Å². The molecular formula is C14H20N4O4S. The van der Waals surface area contributed by atoms with Crippen molar-refractivity contribution in [1.82, 2.24) is 10.2 Å². The largest absolute Gasteiger partial charge is 0.465 e. The van der Waals surface area contributed by atoms with Crippen molar-refractivity contribution in [2.45, 2.75) is 12.8 Å². The molecule has 9 heteroatoms. The molecule has 0 aliphatic carbocycles. The number of nitrogens with one attached hydrogen (secondary N) is 2. The fourth-order valence-corrected chi connectivity index (χ4v) is 3.28. The van der Waals surface area contributed by atoms with Gasteiger partial charge in [-0.05, 0) is 30.2 Å². The molecule has 1 aliphatic rings. The first-order chi connectivity index (χ1) is 11.0. The number of hydrogen-bond acceptors (Lipinski definition) is 5. The highest BCUT2D eigenvalue weighted by molar-refractivity contribution is 7.12. The molecule has 0 saturated carbocycles. The van der Waals surface area contributed by atoms with Crippen LogP contribution in [0.4, 0.5) is 15.3 Å². The summed E-state index contributed by atoms with van der Waals surface area (Å²) in [6, 6.07) is 0.843. The minimum Gasteiger partial charge on any atom is -0.465 e. The molecule has 0 bridgehead atoms. The van der Waals surface area contributed by atoms with E-state index in [1.807, 2.05) is 0 Å². The lowest BCUT2D eigenvalue weighted by Crippen LogP contribution is -2.46. The Balaban J connectivity index is 1.94. The van der Waals surface area contributed by atoms with Crippen LogP contribution in [0.25, 0.3) is 0 Å². The van der Waals surface area contributed by atoms with Gasteiger partial charge in [-0.25, -0.2) is 14.4 Å². The summed E-state index contributed by atoms with van der Waals surface area (Å²) in [6.45, 7) is 1.62. The summed E-state index contributed by atoms with van der Waals surface area (Å²) in [7, 11) is 1.30. The van der Waals surface area contributed by atoms with Crippen LogP contribution >= 0.6 is 11.3 Å². The molecule has 8 nitrogen and oxygen atoms in total. The number of ether oxygens (including phenoxy) is 1. The number of anilines is 1. The van der Waals surface area contributed by atoms with E-state index in [0.29, 0.717) is 30.2 Å². The van der Waals surface area contributed by atoms with Gasteiger partial charge >= 0.3 is 18.0 Å². The molecule has 1 aliphatic heterocycles. The van der Waals surface area contributed by atoms with Gasteiger partial charge in [0.2, 0.25) is 0 Å². The van der Waals surface area contributed by atoms with Gasteiger partial charge in [0.15, 0.2) is 0 Å². The number of rotatable bonds is 4. The van der Waals surface area contributed by atoms with Gasteiger partial charge in [0.25, 0.3) is 0 Å². The summed E-state index contributed by atoms with van der Waals surface area (Å²) in [6.07, 6.45) is 1.78. The molecule has 0 radical (unpaired) electrons. The lowest BCUT2D eigenvalue weighted by atomic mass is 9.98. The lowest BCUT2D eigenvalue weighted by molar-refractivity contribution is 0.0607. The highest BCUT2D eigenvalue weighted by Gasteiger charge is 2.25. The van der Waals surface area contributed by atoms with Gasteiger partial charge in [0.05, 0.1) is 12.8 Å². The van der Waals surface area contributed by atoms with Crippen LogP contribution < -0.4 is 16.4 Å². The fraction of sp³-hybridized carbons (Fsp3) is 0.500. The number of methoxy groups -OCH3 is 1. The van der Waals surface area contributed by atoms with Gasteiger partial charge in [0, 0.05) is 19.6 Å². The number of thiophene rings is 1. The summed E-state index contributed by atoms with van der Waals surface area (Å²) >= 11 is 1.21. The topological polar surface area (TPSA) is 114 Å². The number of carbonyl (C=O) groups is 3. The molecule has 1 fully saturated rings. The van der Waals surface area contributed by atoms with E-state index in [9.17, 15) is 14.4 Å². The number of nitrogens with two attached hydrogens (primary N) is 1. The zero-order valence-corrected chi connectivity index (χ0v) is 13.6. The minimum atomic E-state index is -0.562. The number of hydrogen-bond donors (Lipinski definition) is 3. The van der Waals surface area contributed by atoms with Gasteiger partial charge in [-0.2, -0.15) is 0 Å². The van der Waals surface area contributed by atoms with Crippen molar-refractivity contribution in [3.05, 3.63) is 16.3 Å². The van der Waals surface area contributed by atoms with Crippen LogP contribution in [0.1, 0.15) is 22.5 Å². The molecule has 1 aromatic rings. The zero-order chi connectivity index (χ0) is 16.8. The molecule has 0 aromatic carbocycles. The Bertz CT molecular complexity index is 589. The Morgan fingerprint density at radius 1 is 1.48 bits per heavy atom. The predicted octanol–water partition coefficient (Wildman–Crippen LogP) is 1.45. The van der Waals surface area contributed by atoms with E-state index in [2.05, 4.69) is 15.4 Å². The van der Waals surface area contributed by atoms with Crippen LogP contribution in [0.3, 0.4) is 0 Å². The van der Waals surface area contributed by atoms with Gasteiger partial charge in [0.1, 0.15) is 4.88 Å². The monoisotopic (exact) mass is 340 g/mol. The van der Waals surface area contributed by atoms with Crippen molar-refractivity contribution in [3.8, 4) is 0 Å². The summed E-state index contributed by atoms with van der Waals surface area (Å²) in [5.74, 6) is -0.304. The first-order valence-electron chi connectivity index (χ1n) is 7.26. The van der Waals surface area contributed by atoms with Crippen LogP contribution in [-0.2, 0) is 4.74 Å². The molecule has 126 valence electrons. The quantitative estimate of drug-likeness (QED) is 0.720. The van der Waals surface area contributed by atoms with E-state index in [1.165, 1.54) is 18.4 Å². The first kappa shape index (κ1) is 17.1. The van der Waals surface area contributed by atoms with Crippen molar-refractivity contribution in [3.63, 3.8) is 0 Å². The first-order valence-corrected chi connectivity index (χ1v) is 8.14. The van der Waals surface area contributed by atoms with E-state index in [4.69, 9.17) is 5.73 Å². The molecule has 1 unspecified atom stereocenters. The maximum absolute atomic E-state index is 12.4. The van der Waals surface area contributed by atoms with E-state index < -0.39 is 12.0 Å². The number of likely N-dealkylation sites (tertiary alicyclic amines) is 1. The van der Waals surface area contributed by atoms with Crippen molar-refractivity contribution < 1.29 is 19.1 Å². The van der Waals surface area contributed by atoms with Gasteiger partial charge < -0.3 is 26.0 Å². The van der Waals surface area contributed by atoms with Crippen LogP contribution in [-0.4, -0.2) is 49.7 Å². The Kier molecular flexibility index (Phi) is 5.80. The van der Waals surface area contributed by atoms with Crippen molar-refractivity contribution in [2.75, 3.05) is 32.1 Å². The lowest BCUT2D eigenvalue weighted by Gasteiger charge is -2.32. The average molecular weight is 340 g/mol. The Hall–Kier alpha value is -2.29. The SMILES string of the molecule is COC(=O)c1sccc1NC(=O)N1CCCC(CNC(N)=O)C1. The van der Waals surface area contributed by atoms with E-state index in [1.54, 1.807) is 16.3 Å². The second-order valence-electron chi connectivity index (χ2n) is 5.28. The second kappa shape index (κ2) is 7.82. The Morgan fingerprint density at radius 3 is 2.96 bits per heavy atom. The average Bonchev–Trinajstić information content (AvgIpc) is 3.00. The molecule has 4 amide bonds. The summed E-state index contributed by atoms with van der Waals surface area (Å²) < 4.78 is 4.69. The Morgan fingerprint density at radius 2 is 2.26 bits per heavy atom. The van der Waals surface area contributed by atoms with E-state index in [-0.39, 0.29) is 11.9 Å². The standard InChI is InChI=1S/C14H20N4O4S/c1-22-12(19)11-10(4-6-23-11)17-14(21)18-5-2-3-9(8-18)7-16-13(15)20/h4,6,9H,2-3,5,7-8H2,1H3,(H,17,21)(H3,15,16,20). The van der Waals surface area contributed by atoms with Crippen LogP contribution in [0, 0.1) is 5.92 Å². The molecule has 1 saturated heterocycles. The number of carbonyl (C=O) groups excluding carboxylic acids is 3. The fourth-order valence-electron chi connectivity index (χ4n) is 2.51. The zero-order valence-electron chi connectivity index (χ0n) is 12.8. The van der Waals surface area contributed by atoms with E-state index >= 15 is 0 Å². The number of primary amides is 1. The van der Waals surface area contributed by atoms with Crippen molar-refractivity contribution >= 4 is 35.1 Å². The number of esters is 1. The molecule has 2 heterocycles. The van der Waals surface area contributed by atoms with Gasteiger partial charge in [-0.3, -0.25) is 0 Å². The molecular weight excluding hydrogens is 320 g/mol. The number of amides is 4. The normalized spacial score (nSPS) is 17.4. The van der Waals surface area contributed by atoms with E-state index in [0.717, 1.165) is 12.8 Å². The molecule has 1 aromatic heterocycles. The molecule has 0 spiro atoms. The number of piperidine rings is 1. The summed E-state index contributed by atoms with van der Waals surface area (Å²) in [4.78, 5) is 36.8. The molecule has 1 atom stereocenters. The predicted molar refractivity (Wildman–Crippen MR) is 86.6 cm³/mol. The summed E-state index contributed by atoms with van der Waals surface area (Å²) in [5.41, 5.74) is 5.52. The smallest absolute Gasteiger partial charge is 0.350 e. The third-order valence-corrected chi connectivity index (χ3v) is 4.54. The second-order valence-corrected chi connectivity index (χ2v) is 6.20. The summed E-state index contributed by atoms with van der Waals surface area (Å²) in [5, 5.41) is 7.04. The van der Waals surface area contributed by atoms with Gasteiger partial charge in [-0.1, -0.05) is 0 Å². The number of nitrogens with zero attached hydrogens (tertiary/aromatic N) is 1. The van der Waals surface area contributed by atoms with Gasteiger partial charge in [-0.15, -0.1) is 11.3 Å². The molecule has 4 N–H and O–H groups in total. The minimum absolute atomic E-state index is 0.171. The molecule has 23 heavy (non-hydrogen) atoms. The van der Waals surface area contributed by atoms with Crippen LogP contribution in [0.5, 0.6) is 0 Å². The maximum atomic E-state index is 12.4. The third kappa shape index (κ3) is 4.59. The molecule has 2 rings (SSSR count).